The summed E-state index contributed by atoms with van der Waals surface area (Å²) in [6.07, 6.45) is 0. The Labute approximate surface area is 271 Å². The molecule has 0 unspecified atom stereocenters. The van der Waals surface area contributed by atoms with Crippen LogP contribution in [0.2, 0.25) is 5.02 Å². The molecule has 0 bridgehead atoms. The van der Waals surface area contributed by atoms with Gasteiger partial charge in [-0.15, -0.1) is 0 Å². The third kappa shape index (κ3) is 4.78. The third-order valence-corrected chi connectivity index (χ3v) is 8.35. The Kier molecular flexibility index (Phi) is 7.50. The van der Waals surface area contributed by atoms with Gasteiger partial charge in [0.25, 0.3) is 0 Å². The highest BCUT2D eigenvalue weighted by molar-refractivity contribution is 6.51. The molecule has 10 nitrogen and oxygen atoms in total. The van der Waals surface area contributed by atoms with Crippen LogP contribution in [0.25, 0.3) is 5.69 Å². The summed E-state index contributed by atoms with van der Waals surface area (Å²) in [5, 5.41) is 8.97. The first-order valence-corrected chi connectivity index (χ1v) is 14.9. The van der Waals surface area contributed by atoms with Gasteiger partial charge in [0, 0.05) is 11.3 Å². The van der Waals surface area contributed by atoms with Gasteiger partial charge in [0.15, 0.2) is 29.0 Å². The number of aliphatic imine (C=N–C) groups is 2. The Bertz CT molecular complexity index is 2000. The van der Waals surface area contributed by atoms with Crippen LogP contribution in [-0.2, 0) is 0 Å². The average molecular weight is 635 g/mol. The zero-order valence-electron chi connectivity index (χ0n) is 25.9. The van der Waals surface area contributed by atoms with E-state index in [2.05, 4.69) is 10.2 Å². The highest BCUT2D eigenvalue weighted by atomic mass is 35.5. The van der Waals surface area contributed by atoms with Crippen molar-refractivity contribution in [3.63, 3.8) is 0 Å². The molecule has 1 atom stereocenters. The number of nitrogens with zero attached hydrogens (tertiary/aromatic N) is 5. The van der Waals surface area contributed by atoms with Crippen molar-refractivity contribution < 1.29 is 18.9 Å². The minimum atomic E-state index is -0.401. The van der Waals surface area contributed by atoms with E-state index >= 15 is 0 Å². The lowest BCUT2D eigenvalue weighted by molar-refractivity contribution is 0.323. The van der Waals surface area contributed by atoms with Crippen LogP contribution in [0.4, 0.5) is 22.9 Å². The molecule has 2 aliphatic heterocycles. The molecule has 46 heavy (non-hydrogen) atoms. The van der Waals surface area contributed by atoms with Gasteiger partial charge in [-0.3, -0.25) is 0 Å². The summed E-state index contributed by atoms with van der Waals surface area (Å²) in [6, 6.07) is 27.0. The van der Waals surface area contributed by atoms with Crippen molar-refractivity contribution in [1.82, 2.24) is 9.78 Å². The Morgan fingerprint density at radius 3 is 2.13 bits per heavy atom. The zero-order chi connectivity index (χ0) is 31.9. The number of anilines is 2. The number of fused-ring (bicyclic) bond motifs is 4. The predicted octanol–water partition coefficient (Wildman–Crippen LogP) is 7.66. The van der Waals surface area contributed by atoms with Crippen LogP contribution in [0.1, 0.15) is 22.9 Å². The maximum Gasteiger partial charge on any atom is 0.203 e. The molecule has 1 aromatic heterocycles. The van der Waals surface area contributed by atoms with Gasteiger partial charge in [-0.1, -0.05) is 41.9 Å². The van der Waals surface area contributed by atoms with Crippen molar-refractivity contribution in [2.75, 3.05) is 38.7 Å². The van der Waals surface area contributed by atoms with Gasteiger partial charge in [-0.2, -0.15) is 5.10 Å². The maximum atomic E-state index is 6.52. The smallest absolute Gasteiger partial charge is 0.203 e. The number of benzene rings is 4. The van der Waals surface area contributed by atoms with Gasteiger partial charge in [-0.25, -0.2) is 14.7 Å². The molecule has 0 spiro atoms. The molecule has 0 fully saturated rings. The summed E-state index contributed by atoms with van der Waals surface area (Å²) in [4.78, 5) is 12.5. The first-order chi connectivity index (χ1) is 22.4. The molecule has 2 aliphatic rings. The fraction of sp³-hybridized carbons (Fsp3) is 0.171. The number of hydrogen-bond donors (Lipinski definition) is 1. The van der Waals surface area contributed by atoms with Crippen molar-refractivity contribution in [3.05, 3.63) is 107 Å². The lowest BCUT2D eigenvalue weighted by Gasteiger charge is -2.40. The first-order valence-electron chi connectivity index (χ1n) is 14.6. The molecular formula is C35H31ClN6O4. The molecule has 232 valence electrons. The normalized spacial score (nSPS) is 14.7. The van der Waals surface area contributed by atoms with E-state index < -0.39 is 6.04 Å². The van der Waals surface area contributed by atoms with Crippen LogP contribution in [0, 0.1) is 6.92 Å². The van der Waals surface area contributed by atoms with Gasteiger partial charge in [0.1, 0.15) is 5.75 Å². The maximum absolute atomic E-state index is 6.52. The number of methoxy groups -OCH3 is 4. The van der Waals surface area contributed by atoms with E-state index in [1.807, 2.05) is 90.5 Å². The van der Waals surface area contributed by atoms with E-state index in [9.17, 15) is 0 Å². The first kappa shape index (κ1) is 29.2. The van der Waals surface area contributed by atoms with E-state index in [0.717, 1.165) is 39.6 Å². The lowest BCUT2D eigenvalue weighted by atomic mass is 9.92. The highest BCUT2D eigenvalue weighted by Crippen LogP contribution is 2.50. The number of nitrogens with one attached hydrogen (secondary N) is 1. The number of ether oxygens (including phenoxy) is 4. The van der Waals surface area contributed by atoms with E-state index in [1.54, 1.807) is 34.5 Å². The molecule has 0 radical (unpaired) electrons. The summed E-state index contributed by atoms with van der Waals surface area (Å²) < 4.78 is 24.5. The van der Waals surface area contributed by atoms with Crippen molar-refractivity contribution in [2.24, 2.45) is 9.98 Å². The summed E-state index contributed by atoms with van der Waals surface area (Å²) in [5.41, 5.74) is 5.94. The number of hydrogen-bond acceptors (Lipinski definition) is 9. The Morgan fingerprint density at radius 2 is 1.46 bits per heavy atom. The molecular weight excluding hydrogens is 604 g/mol. The molecule has 7 rings (SSSR count). The van der Waals surface area contributed by atoms with Crippen molar-refractivity contribution in [2.45, 2.75) is 13.0 Å². The third-order valence-electron chi connectivity index (χ3n) is 8.06. The second kappa shape index (κ2) is 11.8. The number of aromatic nitrogens is 2. The van der Waals surface area contributed by atoms with Gasteiger partial charge in [0.2, 0.25) is 5.75 Å². The number of halogens is 1. The van der Waals surface area contributed by atoms with Gasteiger partial charge >= 0.3 is 0 Å². The molecule has 1 N–H and O–H groups in total. The molecule has 3 heterocycles. The van der Waals surface area contributed by atoms with Crippen LogP contribution in [-0.4, -0.2) is 49.9 Å². The van der Waals surface area contributed by atoms with Crippen LogP contribution in [0.3, 0.4) is 0 Å². The Hall–Kier alpha value is -5.48. The minimum Gasteiger partial charge on any atom is -0.495 e. The highest BCUT2D eigenvalue weighted by Gasteiger charge is 2.42. The fourth-order valence-electron chi connectivity index (χ4n) is 6.00. The predicted molar refractivity (Wildman–Crippen MR) is 181 cm³/mol. The van der Waals surface area contributed by atoms with Gasteiger partial charge in [-0.05, 0) is 67.1 Å². The monoisotopic (exact) mass is 634 g/mol. The Balaban J connectivity index is 1.50. The molecule has 0 amide bonds. The summed E-state index contributed by atoms with van der Waals surface area (Å²) >= 11 is 6.52. The lowest BCUT2D eigenvalue weighted by Crippen LogP contribution is -2.46. The van der Waals surface area contributed by atoms with Crippen LogP contribution >= 0.6 is 11.6 Å². The quantitative estimate of drug-likeness (QED) is 0.196. The molecule has 11 heteroatoms. The second-order valence-corrected chi connectivity index (χ2v) is 11.1. The van der Waals surface area contributed by atoms with E-state index in [0.29, 0.717) is 45.5 Å². The number of aryl methyl sites for hydroxylation is 1. The molecule has 5 aromatic rings. The molecule has 0 saturated heterocycles. The average Bonchev–Trinajstić information content (AvgIpc) is 3.42. The summed E-state index contributed by atoms with van der Waals surface area (Å²) in [6.45, 7) is 2.01. The summed E-state index contributed by atoms with van der Waals surface area (Å²) in [5.74, 6) is 4.01. The minimum absolute atomic E-state index is 0.401. The summed E-state index contributed by atoms with van der Waals surface area (Å²) in [7, 11) is 6.41. The number of para-hydroxylation sites is 3. The molecule has 0 saturated carbocycles. The van der Waals surface area contributed by atoms with E-state index in [1.165, 1.54) is 0 Å². The fourth-order valence-corrected chi connectivity index (χ4v) is 6.26. The van der Waals surface area contributed by atoms with Crippen LogP contribution in [0.15, 0.2) is 94.9 Å². The Morgan fingerprint density at radius 1 is 0.761 bits per heavy atom. The molecule has 0 aliphatic carbocycles. The SMILES string of the molecule is COc1ccc(NC2=Nc3ccccc3N3C2=Nc2c(c(C)nn2-c2ccccc2)[C@@H]3c2cc(OC)c(OC)c(OC)c2)cc1Cl. The van der Waals surface area contributed by atoms with Gasteiger partial charge in [0.05, 0.1) is 62.3 Å². The van der Waals surface area contributed by atoms with Crippen LogP contribution < -0.4 is 29.2 Å². The van der Waals surface area contributed by atoms with E-state index in [-0.39, 0.29) is 0 Å². The standard InChI is InChI=1S/C35H31ClN6O4/c1-20-30-31(21-17-28(44-3)32(46-5)29(18-21)45-4)41-26-14-10-9-13-25(26)38-33(37-22-15-16-27(43-2)24(36)19-22)35(41)39-34(30)42(40-20)23-11-7-6-8-12-23/h6-19,31H,1-5H3,(H,37,38)/t31-/m0/s1. The van der Waals surface area contributed by atoms with Crippen molar-refractivity contribution in [3.8, 4) is 28.7 Å². The number of amidine groups is 2. The second-order valence-electron chi connectivity index (χ2n) is 10.7. The van der Waals surface area contributed by atoms with Crippen molar-refractivity contribution in [1.29, 1.82) is 0 Å². The van der Waals surface area contributed by atoms with Crippen LogP contribution in [0.5, 0.6) is 23.0 Å². The van der Waals surface area contributed by atoms with Crippen molar-refractivity contribution >= 4 is 46.2 Å². The zero-order valence-corrected chi connectivity index (χ0v) is 26.7. The largest absolute Gasteiger partial charge is 0.495 e. The van der Waals surface area contributed by atoms with Gasteiger partial charge < -0.3 is 29.2 Å². The number of rotatable bonds is 7. The van der Waals surface area contributed by atoms with E-state index in [4.69, 9.17) is 45.6 Å². The molecule has 4 aromatic carbocycles. The topological polar surface area (TPSA) is 94.7 Å².